The van der Waals surface area contributed by atoms with Crippen LogP contribution in [0.1, 0.15) is 91.2 Å². The number of fused-ring (bicyclic) bond motifs is 2. The molecule has 0 unspecified atom stereocenters. The van der Waals surface area contributed by atoms with Crippen LogP contribution in [0.15, 0.2) is 82.6 Å². The molecule has 2 aromatic carbocycles. The maximum atomic E-state index is 7.08. The predicted octanol–water partition coefficient (Wildman–Crippen LogP) is 11.4. The van der Waals surface area contributed by atoms with Gasteiger partial charge in [-0.25, -0.2) is 0 Å². The fourth-order valence-corrected chi connectivity index (χ4v) is 7.44. The SMILES string of the molecule is CCCCN1/C(=C/C=C2\CCC(/C=C/C3=[N+](CCCC)c4ccc(Cl)cc4C3(C)C)=C2Cl)C(C)(C)c2cc(Cl)ccc21. The number of anilines is 1. The highest BCUT2D eigenvalue weighted by atomic mass is 35.5. The molecule has 0 N–H and O–H groups in total. The molecule has 0 saturated carbocycles. The first kappa shape index (κ1) is 31.2. The molecule has 0 atom stereocenters. The average Bonchev–Trinajstić information content (AvgIpc) is 3.48. The highest BCUT2D eigenvalue weighted by molar-refractivity contribution is 6.33. The van der Waals surface area contributed by atoms with Crippen molar-refractivity contribution in [1.82, 2.24) is 0 Å². The predicted molar refractivity (Wildman–Crippen MR) is 183 cm³/mol. The zero-order valence-corrected chi connectivity index (χ0v) is 28.2. The summed E-state index contributed by atoms with van der Waals surface area (Å²) in [7, 11) is 0. The minimum Gasteiger partial charge on any atom is -0.344 e. The zero-order valence-electron chi connectivity index (χ0n) is 26.0. The van der Waals surface area contributed by atoms with Gasteiger partial charge in [-0.1, -0.05) is 87.5 Å². The molecule has 0 saturated heterocycles. The number of hydrogen-bond acceptors (Lipinski definition) is 1. The molecule has 2 aliphatic heterocycles. The van der Waals surface area contributed by atoms with Gasteiger partial charge >= 0.3 is 0 Å². The summed E-state index contributed by atoms with van der Waals surface area (Å²) in [6, 6.07) is 12.6. The first-order valence-corrected chi connectivity index (χ1v) is 16.6. The molecule has 0 spiro atoms. The van der Waals surface area contributed by atoms with Crippen molar-refractivity contribution in [3.8, 4) is 0 Å². The van der Waals surface area contributed by atoms with Crippen LogP contribution in [-0.2, 0) is 10.8 Å². The van der Waals surface area contributed by atoms with E-state index in [2.05, 4.69) is 99.6 Å². The van der Waals surface area contributed by atoms with Crippen LogP contribution in [0.5, 0.6) is 0 Å². The number of nitrogens with zero attached hydrogens (tertiary/aromatic N) is 2. The average molecular weight is 623 g/mol. The van der Waals surface area contributed by atoms with Gasteiger partial charge in [0.25, 0.3) is 0 Å². The van der Waals surface area contributed by atoms with Gasteiger partial charge in [-0.3, -0.25) is 0 Å². The van der Waals surface area contributed by atoms with Gasteiger partial charge in [-0.15, -0.1) is 0 Å². The molecule has 0 amide bonds. The molecule has 2 heterocycles. The second-order valence-electron chi connectivity index (χ2n) is 12.9. The molecule has 2 nitrogen and oxygen atoms in total. The Hall–Kier alpha value is -2.26. The van der Waals surface area contributed by atoms with Gasteiger partial charge in [0.15, 0.2) is 5.71 Å². The summed E-state index contributed by atoms with van der Waals surface area (Å²) < 4.78 is 2.48. The van der Waals surface area contributed by atoms with Gasteiger partial charge in [0, 0.05) is 62.5 Å². The van der Waals surface area contributed by atoms with Crippen molar-refractivity contribution in [2.45, 2.75) is 90.9 Å². The summed E-state index contributed by atoms with van der Waals surface area (Å²) in [5.74, 6) is 0. The lowest BCUT2D eigenvalue weighted by molar-refractivity contribution is -0.438. The molecular weight excluding hydrogens is 579 g/mol. The van der Waals surface area contributed by atoms with Crippen LogP contribution < -0.4 is 4.90 Å². The van der Waals surface area contributed by atoms with Gasteiger partial charge in [0.05, 0.1) is 5.41 Å². The number of allylic oxidation sites excluding steroid dienone is 8. The van der Waals surface area contributed by atoms with Crippen LogP contribution in [0.25, 0.3) is 0 Å². The molecule has 0 bridgehead atoms. The van der Waals surface area contributed by atoms with Crippen LogP contribution >= 0.6 is 34.8 Å². The number of hydrogen-bond donors (Lipinski definition) is 0. The van der Waals surface area contributed by atoms with Crippen molar-refractivity contribution in [2.24, 2.45) is 0 Å². The lowest BCUT2D eigenvalue weighted by Crippen LogP contribution is -2.28. The quantitative estimate of drug-likeness (QED) is 0.252. The molecule has 1 aliphatic carbocycles. The van der Waals surface area contributed by atoms with E-state index in [0.29, 0.717) is 0 Å². The highest BCUT2D eigenvalue weighted by Gasteiger charge is 2.44. The third-order valence-corrected chi connectivity index (χ3v) is 10.2. The molecule has 2 aromatic rings. The Labute approximate surface area is 268 Å². The molecule has 0 aromatic heterocycles. The minimum atomic E-state index is -0.132. The van der Waals surface area contributed by atoms with Gasteiger partial charge < -0.3 is 4.90 Å². The Morgan fingerprint density at radius 3 is 2.21 bits per heavy atom. The van der Waals surface area contributed by atoms with Gasteiger partial charge in [-0.05, 0) is 86.2 Å². The summed E-state index contributed by atoms with van der Waals surface area (Å²) in [5.41, 5.74) is 9.88. The van der Waals surface area contributed by atoms with Crippen molar-refractivity contribution in [2.75, 3.05) is 18.0 Å². The van der Waals surface area contributed by atoms with Crippen molar-refractivity contribution >= 4 is 51.9 Å². The third kappa shape index (κ3) is 5.68. The molecular formula is C37H44Cl3N2+. The van der Waals surface area contributed by atoms with Crippen molar-refractivity contribution < 1.29 is 4.58 Å². The Kier molecular flexibility index (Phi) is 9.19. The number of unbranched alkanes of at least 4 members (excludes halogenated alkanes) is 2. The van der Waals surface area contributed by atoms with E-state index >= 15 is 0 Å². The second kappa shape index (κ2) is 12.4. The van der Waals surface area contributed by atoms with E-state index < -0.39 is 0 Å². The summed E-state index contributed by atoms with van der Waals surface area (Å²) in [4.78, 5) is 2.48. The van der Waals surface area contributed by atoms with E-state index in [-0.39, 0.29) is 10.8 Å². The Morgan fingerprint density at radius 1 is 0.810 bits per heavy atom. The van der Waals surface area contributed by atoms with Crippen molar-refractivity contribution in [1.29, 1.82) is 0 Å². The maximum absolute atomic E-state index is 7.08. The van der Waals surface area contributed by atoms with Crippen LogP contribution in [0.4, 0.5) is 11.4 Å². The van der Waals surface area contributed by atoms with Crippen LogP contribution in [0.3, 0.4) is 0 Å². The number of rotatable bonds is 9. The minimum absolute atomic E-state index is 0.132. The standard InChI is InChI=1S/C37H44Cl3N2/c1-7-9-21-41-31-17-15-27(38)23-29(31)36(3,4)33(41)19-13-25-11-12-26(35(25)40)14-20-34-37(5,6)30-24-28(39)16-18-32(30)42(34)22-10-8-2/h13-20,23-24H,7-12,21-22H2,1-6H3/q+1. The fraction of sp³-hybridized carbons (Fsp3) is 0.432. The Balaban J connectivity index is 1.47. The van der Waals surface area contributed by atoms with Crippen molar-refractivity contribution in [3.05, 3.63) is 104 Å². The molecule has 5 heteroatoms. The van der Waals surface area contributed by atoms with Crippen molar-refractivity contribution in [3.63, 3.8) is 0 Å². The first-order chi connectivity index (χ1) is 20.0. The Morgan fingerprint density at radius 2 is 1.50 bits per heavy atom. The highest BCUT2D eigenvalue weighted by Crippen LogP contribution is 2.49. The fourth-order valence-electron chi connectivity index (χ4n) is 6.78. The molecule has 0 fully saturated rings. The van der Waals surface area contributed by atoms with Gasteiger partial charge in [0.1, 0.15) is 6.54 Å². The van der Waals surface area contributed by atoms with E-state index in [1.807, 2.05) is 12.1 Å². The summed E-state index contributed by atoms with van der Waals surface area (Å²) in [5, 5.41) is 2.47. The molecule has 0 radical (unpaired) electrons. The van der Waals surface area contributed by atoms with E-state index in [9.17, 15) is 0 Å². The monoisotopic (exact) mass is 621 g/mol. The second-order valence-corrected chi connectivity index (χ2v) is 14.1. The zero-order chi connectivity index (χ0) is 30.2. The summed E-state index contributed by atoms with van der Waals surface area (Å²) in [6.45, 7) is 15.7. The van der Waals surface area contributed by atoms with Crippen LogP contribution in [0.2, 0.25) is 10.0 Å². The first-order valence-electron chi connectivity index (χ1n) is 15.5. The summed E-state index contributed by atoms with van der Waals surface area (Å²) >= 11 is 20.0. The van der Waals surface area contributed by atoms with E-state index in [4.69, 9.17) is 34.8 Å². The van der Waals surface area contributed by atoms with Crippen LogP contribution in [-0.4, -0.2) is 23.4 Å². The van der Waals surface area contributed by atoms with Gasteiger partial charge in [-0.2, -0.15) is 4.58 Å². The van der Waals surface area contributed by atoms with Crippen LogP contribution in [0, 0.1) is 0 Å². The van der Waals surface area contributed by atoms with Gasteiger partial charge in [0.2, 0.25) is 5.69 Å². The maximum Gasteiger partial charge on any atom is 0.209 e. The Bertz CT molecular complexity index is 1530. The smallest absolute Gasteiger partial charge is 0.209 e. The normalized spacial score (nSPS) is 21.0. The number of halogens is 3. The summed E-state index contributed by atoms with van der Waals surface area (Å²) in [6.07, 6.45) is 15.6. The topological polar surface area (TPSA) is 6.25 Å². The molecule has 5 rings (SSSR count). The lowest BCUT2D eigenvalue weighted by Gasteiger charge is -2.27. The largest absolute Gasteiger partial charge is 0.344 e. The van der Waals surface area contributed by atoms with E-state index in [1.54, 1.807) is 0 Å². The number of benzene rings is 2. The van der Waals surface area contributed by atoms with E-state index in [1.165, 1.54) is 45.1 Å². The molecule has 3 aliphatic rings. The molecule has 42 heavy (non-hydrogen) atoms. The third-order valence-electron chi connectivity index (χ3n) is 9.29. The molecule has 222 valence electrons. The van der Waals surface area contributed by atoms with E-state index in [0.717, 1.165) is 66.7 Å². The lowest BCUT2D eigenvalue weighted by atomic mass is 9.81.